The third kappa shape index (κ3) is 4.05. The second kappa shape index (κ2) is 8.36. The first-order valence-corrected chi connectivity index (χ1v) is 12.1. The summed E-state index contributed by atoms with van der Waals surface area (Å²) in [5.41, 5.74) is 11.4. The smallest absolute Gasteiger partial charge is 0.315 e. The van der Waals surface area contributed by atoms with Crippen molar-refractivity contribution >= 4 is 16.9 Å². The largest absolute Gasteiger partial charge is 0.487 e. The Morgan fingerprint density at radius 1 is 1.24 bits per heavy atom. The summed E-state index contributed by atoms with van der Waals surface area (Å²) in [6.45, 7) is 7.22. The number of aromatic nitrogens is 1. The zero-order valence-electron chi connectivity index (χ0n) is 19.8. The molecule has 5 nitrogen and oxygen atoms in total. The van der Waals surface area contributed by atoms with E-state index in [1.165, 1.54) is 27.6 Å². The van der Waals surface area contributed by atoms with Crippen molar-refractivity contribution in [3.05, 3.63) is 59.8 Å². The molecule has 0 bridgehead atoms. The fraction of sp³-hybridized carbons (Fsp3) is 0.429. The molecule has 0 aliphatic carbocycles. The summed E-state index contributed by atoms with van der Waals surface area (Å²) in [6.07, 6.45) is 6.46. The van der Waals surface area contributed by atoms with Crippen molar-refractivity contribution in [2.45, 2.75) is 64.5 Å². The number of hydrogen-bond donors (Lipinski definition) is 1. The highest BCUT2D eigenvalue weighted by molar-refractivity contribution is 5.88. The Hall–Kier alpha value is -3.08. The predicted molar refractivity (Wildman–Crippen MR) is 132 cm³/mol. The Labute approximate surface area is 195 Å². The van der Waals surface area contributed by atoms with Crippen molar-refractivity contribution < 1.29 is 9.53 Å². The van der Waals surface area contributed by atoms with Gasteiger partial charge in [0.25, 0.3) is 0 Å². The normalized spacial score (nSPS) is 22.4. The molecule has 0 radical (unpaired) electrons. The molecule has 2 amide bonds. The van der Waals surface area contributed by atoms with Gasteiger partial charge in [0.15, 0.2) is 0 Å². The number of nitrogens with zero attached hydrogens (tertiary/aromatic N) is 2. The van der Waals surface area contributed by atoms with Gasteiger partial charge >= 0.3 is 6.03 Å². The highest BCUT2D eigenvalue weighted by atomic mass is 16.5. The van der Waals surface area contributed by atoms with Crippen molar-refractivity contribution in [1.29, 1.82) is 0 Å². The molecule has 33 heavy (non-hydrogen) atoms. The minimum Gasteiger partial charge on any atom is -0.487 e. The van der Waals surface area contributed by atoms with Crippen LogP contribution in [0.5, 0.6) is 5.75 Å². The topological polar surface area (TPSA) is 68.5 Å². The van der Waals surface area contributed by atoms with Gasteiger partial charge in [-0.1, -0.05) is 38.1 Å². The Morgan fingerprint density at radius 3 is 2.88 bits per heavy atom. The maximum atomic E-state index is 12.0. The molecule has 0 saturated carbocycles. The SMILES string of the molecule is Cc1c(-c2ccc3c(c2)CCC2(CCN(C(N)=O)C(CC(C)C)C2)O3)ccc2cccnc12. The van der Waals surface area contributed by atoms with Crippen molar-refractivity contribution in [1.82, 2.24) is 9.88 Å². The second-order valence-electron chi connectivity index (χ2n) is 10.2. The molecule has 2 aromatic carbocycles. The zero-order chi connectivity index (χ0) is 23.2. The molecule has 2 unspecified atom stereocenters. The predicted octanol–water partition coefficient (Wildman–Crippen LogP) is 5.86. The standard InChI is InChI=1S/C28H33N3O2/c1-18(2)15-23-17-28(12-14-31(23)27(29)32)11-10-22-16-21(7-9-25(22)33-28)24-8-6-20-5-4-13-30-26(20)19(24)3/h4-9,13,16,18,23H,10-12,14-15,17H2,1-3H3,(H2,29,32). The molecule has 2 aliphatic rings. The van der Waals surface area contributed by atoms with Crippen LogP contribution in [-0.4, -0.2) is 34.1 Å². The number of urea groups is 1. The van der Waals surface area contributed by atoms with E-state index in [2.05, 4.69) is 62.2 Å². The summed E-state index contributed by atoms with van der Waals surface area (Å²) in [4.78, 5) is 18.4. The monoisotopic (exact) mass is 443 g/mol. The van der Waals surface area contributed by atoms with Crippen LogP contribution in [0.3, 0.4) is 0 Å². The average molecular weight is 444 g/mol. The summed E-state index contributed by atoms with van der Waals surface area (Å²) in [7, 11) is 0. The third-order valence-corrected chi connectivity index (χ3v) is 7.46. The fourth-order valence-electron chi connectivity index (χ4n) is 5.81. The lowest BCUT2D eigenvalue weighted by Crippen LogP contribution is -2.57. The highest BCUT2D eigenvalue weighted by Gasteiger charge is 2.44. The van der Waals surface area contributed by atoms with Crippen LogP contribution in [0, 0.1) is 12.8 Å². The minimum absolute atomic E-state index is 0.143. The number of benzene rings is 2. The molecule has 2 N–H and O–H groups in total. The first-order valence-electron chi connectivity index (χ1n) is 12.1. The molecule has 3 heterocycles. The lowest BCUT2D eigenvalue weighted by Gasteiger charge is -2.48. The number of carbonyl (C=O) groups excluding carboxylic acids is 1. The average Bonchev–Trinajstić information content (AvgIpc) is 2.79. The van der Waals surface area contributed by atoms with Gasteiger partial charge in [0, 0.05) is 37.0 Å². The Bertz CT molecular complexity index is 1200. The summed E-state index contributed by atoms with van der Waals surface area (Å²) >= 11 is 0. The number of likely N-dealkylation sites (tertiary alicyclic amines) is 1. The number of hydrogen-bond acceptors (Lipinski definition) is 3. The van der Waals surface area contributed by atoms with Gasteiger partial charge in [-0.15, -0.1) is 0 Å². The van der Waals surface area contributed by atoms with Crippen molar-refractivity contribution in [2.75, 3.05) is 6.54 Å². The van der Waals surface area contributed by atoms with Crippen molar-refractivity contribution in [3.63, 3.8) is 0 Å². The molecule has 5 rings (SSSR count). The Balaban J connectivity index is 1.41. The number of primary amides is 1. The van der Waals surface area contributed by atoms with Gasteiger partial charge in [-0.3, -0.25) is 4.98 Å². The number of carbonyl (C=O) groups is 1. The van der Waals surface area contributed by atoms with E-state index in [-0.39, 0.29) is 17.7 Å². The van der Waals surface area contributed by atoms with E-state index in [4.69, 9.17) is 10.5 Å². The van der Waals surface area contributed by atoms with Gasteiger partial charge in [-0.05, 0) is 72.6 Å². The maximum absolute atomic E-state index is 12.0. The van der Waals surface area contributed by atoms with E-state index < -0.39 is 0 Å². The number of fused-ring (bicyclic) bond motifs is 2. The summed E-state index contributed by atoms with van der Waals surface area (Å²) in [6, 6.07) is 14.8. The van der Waals surface area contributed by atoms with Crippen LogP contribution in [0.15, 0.2) is 48.7 Å². The second-order valence-corrected chi connectivity index (χ2v) is 10.2. The van der Waals surface area contributed by atoms with Crippen LogP contribution in [0.4, 0.5) is 4.79 Å². The summed E-state index contributed by atoms with van der Waals surface area (Å²) in [5, 5.41) is 1.17. The number of rotatable bonds is 3. The highest BCUT2D eigenvalue weighted by Crippen LogP contribution is 2.43. The molecule has 2 atom stereocenters. The molecule has 1 spiro atoms. The molecule has 1 saturated heterocycles. The molecular weight excluding hydrogens is 410 g/mol. The molecule has 2 aliphatic heterocycles. The molecule has 1 fully saturated rings. The van der Waals surface area contributed by atoms with Crippen LogP contribution < -0.4 is 10.5 Å². The fourth-order valence-corrected chi connectivity index (χ4v) is 5.81. The number of pyridine rings is 1. The molecular formula is C28H33N3O2. The number of piperidine rings is 1. The van der Waals surface area contributed by atoms with E-state index >= 15 is 0 Å². The number of ether oxygens (including phenoxy) is 1. The molecule has 1 aromatic heterocycles. The molecule has 5 heteroatoms. The molecule has 3 aromatic rings. The van der Waals surface area contributed by atoms with Gasteiger partial charge in [0.05, 0.1) is 5.52 Å². The Kier molecular flexibility index (Phi) is 5.51. The first kappa shape index (κ1) is 21.7. The number of amides is 2. The first-order chi connectivity index (χ1) is 15.8. The third-order valence-electron chi connectivity index (χ3n) is 7.46. The van der Waals surface area contributed by atoms with Crippen LogP contribution in [0.2, 0.25) is 0 Å². The van der Waals surface area contributed by atoms with E-state index in [0.29, 0.717) is 12.5 Å². The van der Waals surface area contributed by atoms with E-state index in [1.807, 2.05) is 17.2 Å². The van der Waals surface area contributed by atoms with Gasteiger partial charge in [-0.25, -0.2) is 4.79 Å². The lowest BCUT2D eigenvalue weighted by molar-refractivity contribution is -0.0309. The van der Waals surface area contributed by atoms with Gasteiger partial charge in [0.1, 0.15) is 11.4 Å². The van der Waals surface area contributed by atoms with Crippen LogP contribution >= 0.6 is 0 Å². The molecule has 172 valence electrons. The van der Waals surface area contributed by atoms with Gasteiger partial charge < -0.3 is 15.4 Å². The van der Waals surface area contributed by atoms with Gasteiger partial charge in [-0.2, -0.15) is 0 Å². The van der Waals surface area contributed by atoms with Crippen molar-refractivity contribution in [2.24, 2.45) is 11.7 Å². The zero-order valence-corrected chi connectivity index (χ0v) is 19.8. The summed E-state index contributed by atoms with van der Waals surface area (Å²) in [5.74, 6) is 1.49. The number of nitrogens with two attached hydrogens (primary N) is 1. The van der Waals surface area contributed by atoms with Crippen LogP contribution in [-0.2, 0) is 6.42 Å². The quantitative estimate of drug-likeness (QED) is 0.551. The van der Waals surface area contributed by atoms with Crippen molar-refractivity contribution in [3.8, 4) is 16.9 Å². The maximum Gasteiger partial charge on any atom is 0.315 e. The van der Waals surface area contributed by atoms with E-state index in [9.17, 15) is 4.79 Å². The Morgan fingerprint density at radius 2 is 2.09 bits per heavy atom. The minimum atomic E-state index is -0.309. The lowest BCUT2D eigenvalue weighted by atomic mass is 9.78. The van der Waals surface area contributed by atoms with Crippen LogP contribution in [0.25, 0.3) is 22.0 Å². The van der Waals surface area contributed by atoms with Gasteiger partial charge in [0.2, 0.25) is 0 Å². The summed E-state index contributed by atoms with van der Waals surface area (Å²) < 4.78 is 6.70. The number of aryl methyl sites for hydroxylation is 2. The van der Waals surface area contributed by atoms with E-state index in [0.717, 1.165) is 43.4 Å². The van der Waals surface area contributed by atoms with Crippen LogP contribution in [0.1, 0.15) is 50.7 Å². The van der Waals surface area contributed by atoms with E-state index in [1.54, 1.807) is 0 Å².